The first-order valence-corrected chi connectivity index (χ1v) is 7.14. The molecule has 1 aromatic carbocycles. The van der Waals surface area contributed by atoms with Crippen LogP contribution >= 0.6 is 11.6 Å². The van der Waals surface area contributed by atoms with E-state index in [1.54, 1.807) is 12.1 Å². The second-order valence-corrected chi connectivity index (χ2v) is 5.16. The van der Waals surface area contributed by atoms with Gasteiger partial charge in [0.1, 0.15) is 13.2 Å². The van der Waals surface area contributed by atoms with Crippen LogP contribution in [-0.4, -0.2) is 29.8 Å². The van der Waals surface area contributed by atoms with Gasteiger partial charge in [0, 0.05) is 12.7 Å². The van der Waals surface area contributed by atoms with Gasteiger partial charge in [0.15, 0.2) is 23.1 Å². The molecular formula is C15H14ClFN2O3. The average Bonchev–Trinajstić information content (AvgIpc) is 2.54. The van der Waals surface area contributed by atoms with E-state index in [0.717, 1.165) is 0 Å². The van der Waals surface area contributed by atoms with Gasteiger partial charge in [-0.3, -0.25) is 0 Å². The predicted molar refractivity (Wildman–Crippen MR) is 80.1 cm³/mol. The largest absolute Gasteiger partial charge is 0.486 e. The Hall–Kier alpha value is -2.05. The summed E-state index contributed by atoms with van der Waals surface area (Å²) in [5.41, 5.74) is 0.554. The maximum absolute atomic E-state index is 13.5. The minimum Gasteiger partial charge on any atom is -0.486 e. The molecule has 0 saturated heterocycles. The average molecular weight is 325 g/mol. The number of pyridine rings is 1. The third-order valence-electron chi connectivity index (χ3n) is 3.23. The van der Waals surface area contributed by atoms with E-state index >= 15 is 0 Å². The summed E-state index contributed by atoms with van der Waals surface area (Å²) in [5.74, 6) is 0.588. The highest BCUT2D eigenvalue weighted by molar-refractivity contribution is 6.32. The monoisotopic (exact) mass is 324 g/mol. The summed E-state index contributed by atoms with van der Waals surface area (Å²) in [7, 11) is 0. The molecular weight excluding hydrogens is 311 g/mol. The molecule has 1 unspecified atom stereocenters. The molecule has 0 saturated carbocycles. The van der Waals surface area contributed by atoms with Crippen molar-refractivity contribution in [3.63, 3.8) is 0 Å². The zero-order valence-electron chi connectivity index (χ0n) is 11.6. The molecule has 22 heavy (non-hydrogen) atoms. The molecule has 1 atom stereocenters. The summed E-state index contributed by atoms with van der Waals surface area (Å²) in [6, 6.07) is 6.07. The number of rotatable bonds is 4. The Kier molecular flexibility index (Phi) is 4.31. The SMILES string of the molecule is OC(CNc1ncccc1F)c1cc(Cl)c2c(c1)OCCO2. The maximum atomic E-state index is 13.5. The summed E-state index contributed by atoms with van der Waals surface area (Å²) in [4.78, 5) is 3.86. The van der Waals surface area contributed by atoms with Crippen LogP contribution in [0.25, 0.3) is 0 Å². The standard InChI is InChI=1S/C15H14ClFN2O3/c16-10-6-9(7-13-14(10)22-5-4-21-13)12(20)8-19-15-11(17)2-1-3-18-15/h1-3,6-7,12,20H,4-5,8H2,(H,18,19). The van der Waals surface area contributed by atoms with Crippen LogP contribution in [0.3, 0.4) is 0 Å². The number of hydrogen-bond donors (Lipinski definition) is 2. The molecule has 2 heterocycles. The quantitative estimate of drug-likeness (QED) is 0.905. The van der Waals surface area contributed by atoms with Crippen LogP contribution in [0.4, 0.5) is 10.2 Å². The van der Waals surface area contributed by atoms with E-state index in [9.17, 15) is 9.50 Å². The van der Waals surface area contributed by atoms with Gasteiger partial charge >= 0.3 is 0 Å². The Labute approximate surface area is 131 Å². The Balaban J connectivity index is 1.74. The molecule has 7 heteroatoms. The molecule has 5 nitrogen and oxygen atoms in total. The third kappa shape index (κ3) is 3.08. The molecule has 1 aromatic heterocycles. The van der Waals surface area contributed by atoms with E-state index in [2.05, 4.69) is 10.3 Å². The number of nitrogens with zero attached hydrogens (tertiary/aromatic N) is 1. The van der Waals surface area contributed by atoms with Crippen LogP contribution in [0.5, 0.6) is 11.5 Å². The van der Waals surface area contributed by atoms with E-state index in [1.165, 1.54) is 18.3 Å². The molecule has 0 fully saturated rings. The molecule has 116 valence electrons. The number of halogens is 2. The van der Waals surface area contributed by atoms with Crippen molar-refractivity contribution in [2.75, 3.05) is 25.1 Å². The number of aromatic nitrogens is 1. The van der Waals surface area contributed by atoms with E-state index in [1.807, 2.05) is 0 Å². The number of ether oxygens (including phenoxy) is 2. The van der Waals surface area contributed by atoms with Crippen molar-refractivity contribution in [2.45, 2.75) is 6.10 Å². The summed E-state index contributed by atoms with van der Waals surface area (Å²) < 4.78 is 24.4. The number of nitrogens with one attached hydrogen (secondary N) is 1. The van der Waals surface area contributed by atoms with Gasteiger partial charge in [-0.25, -0.2) is 9.37 Å². The first-order chi connectivity index (χ1) is 10.6. The lowest BCUT2D eigenvalue weighted by Crippen LogP contribution is -2.17. The number of benzene rings is 1. The third-order valence-corrected chi connectivity index (χ3v) is 3.51. The maximum Gasteiger partial charge on any atom is 0.179 e. The Bertz CT molecular complexity index is 684. The van der Waals surface area contributed by atoms with Crippen molar-refractivity contribution in [1.82, 2.24) is 4.98 Å². The zero-order valence-corrected chi connectivity index (χ0v) is 12.3. The van der Waals surface area contributed by atoms with Crippen molar-refractivity contribution < 1.29 is 19.0 Å². The van der Waals surface area contributed by atoms with Gasteiger partial charge in [-0.15, -0.1) is 0 Å². The zero-order chi connectivity index (χ0) is 15.5. The molecule has 2 aromatic rings. The highest BCUT2D eigenvalue weighted by atomic mass is 35.5. The normalized spacial score (nSPS) is 14.5. The Morgan fingerprint density at radius 2 is 2.18 bits per heavy atom. The summed E-state index contributed by atoms with van der Waals surface area (Å²) >= 11 is 6.12. The first-order valence-electron chi connectivity index (χ1n) is 6.76. The van der Waals surface area contributed by atoms with E-state index < -0.39 is 11.9 Å². The minimum absolute atomic E-state index is 0.0872. The highest BCUT2D eigenvalue weighted by Gasteiger charge is 2.19. The molecule has 0 spiro atoms. The fourth-order valence-electron chi connectivity index (χ4n) is 2.15. The number of aliphatic hydroxyl groups excluding tert-OH is 1. The van der Waals surface area contributed by atoms with Gasteiger partial charge in [0.2, 0.25) is 0 Å². The van der Waals surface area contributed by atoms with Gasteiger partial charge in [0.05, 0.1) is 11.1 Å². The predicted octanol–water partition coefficient (Wildman–Crippen LogP) is 2.79. The highest BCUT2D eigenvalue weighted by Crippen LogP contribution is 2.39. The summed E-state index contributed by atoms with van der Waals surface area (Å²) in [6.45, 7) is 0.958. The van der Waals surface area contributed by atoms with Gasteiger partial charge < -0.3 is 19.9 Å². The van der Waals surface area contributed by atoms with Crippen LogP contribution in [0.2, 0.25) is 5.02 Å². The van der Waals surface area contributed by atoms with Crippen molar-refractivity contribution in [3.8, 4) is 11.5 Å². The molecule has 1 aliphatic heterocycles. The van der Waals surface area contributed by atoms with Crippen LogP contribution in [0.1, 0.15) is 11.7 Å². The second kappa shape index (κ2) is 6.37. The number of hydrogen-bond acceptors (Lipinski definition) is 5. The lowest BCUT2D eigenvalue weighted by atomic mass is 10.1. The lowest BCUT2D eigenvalue weighted by Gasteiger charge is -2.21. The number of anilines is 1. The topological polar surface area (TPSA) is 63.6 Å². The molecule has 2 N–H and O–H groups in total. The second-order valence-electron chi connectivity index (χ2n) is 4.76. The van der Waals surface area contributed by atoms with Gasteiger partial charge in [-0.2, -0.15) is 0 Å². The van der Waals surface area contributed by atoms with E-state index in [4.69, 9.17) is 21.1 Å². The van der Waals surface area contributed by atoms with E-state index in [-0.39, 0.29) is 12.4 Å². The minimum atomic E-state index is -0.894. The smallest absolute Gasteiger partial charge is 0.179 e. The molecule has 0 amide bonds. The van der Waals surface area contributed by atoms with Crippen molar-refractivity contribution in [2.24, 2.45) is 0 Å². The Morgan fingerprint density at radius 1 is 1.36 bits per heavy atom. The van der Waals surface area contributed by atoms with Gasteiger partial charge in [-0.1, -0.05) is 11.6 Å². The fourth-order valence-corrected chi connectivity index (χ4v) is 2.42. The van der Waals surface area contributed by atoms with Crippen molar-refractivity contribution in [3.05, 3.63) is 46.9 Å². The van der Waals surface area contributed by atoms with Crippen LogP contribution in [0.15, 0.2) is 30.5 Å². The van der Waals surface area contributed by atoms with Gasteiger partial charge in [0.25, 0.3) is 0 Å². The summed E-state index contributed by atoms with van der Waals surface area (Å²) in [6.07, 6.45) is 0.577. The summed E-state index contributed by atoms with van der Waals surface area (Å²) in [5, 5.41) is 13.4. The molecule has 1 aliphatic rings. The molecule has 0 bridgehead atoms. The number of fused-ring (bicyclic) bond motifs is 1. The molecule has 0 radical (unpaired) electrons. The van der Waals surface area contributed by atoms with E-state index in [0.29, 0.717) is 35.3 Å². The van der Waals surface area contributed by atoms with Crippen LogP contribution < -0.4 is 14.8 Å². The van der Waals surface area contributed by atoms with Gasteiger partial charge in [-0.05, 0) is 29.8 Å². The fraction of sp³-hybridized carbons (Fsp3) is 0.267. The van der Waals surface area contributed by atoms with Crippen molar-refractivity contribution >= 4 is 17.4 Å². The molecule has 3 rings (SSSR count). The van der Waals surface area contributed by atoms with Crippen LogP contribution in [0, 0.1) is 5.82 Å². The van der Waals surface area contributed by atoms with Crippen molar-refractivity contribution in [1.29, 1.82) is 0 Å². The number of aliphatic hydroxyl groups is 1. The Morgan fingerprint density at radius 3 is 3.00 bits per heavy atom. The first kappa shape index (κ1) is 14.9. The van der Waals surface area contributed by atoms with Crippen LogP contribution in [-0.2, 0) is 0 Å². The molecule has 0 aliphatic carbocycles. The lowest BCUT2D eigenvalue weighted by molar-refractivity contribution is 0.167.